The van der Waals surface area contributed by atoms with Crippen LogP contribution in [0.2, 0.25) is 0 Å². The Morgan fingerprint density at radius 2 is 1.92 bits per heavy atom. The predicted molar refractivity (Wildman–Crippen MR) is 98.8 cm³/mol. The molecule has 1 aromatic carbocycles. The zero-order valence-corrected chi connectivity index (χ0v) is 14.9. The number of aliphatic hydroxyl groups excluding tert-OH is 1. The quantitative estimate of drug-likeness (QED) is 0.766. The van der Waals surface area contributed by atoms with Crippen LogP contribution in [0.5, 0.6) is 0 Å². The normalized spacial score (nSPS) is 16.7. The minimum Gasteiger partial charge on any atom is -0.386 e. The fourth-order valence-electron chi connectivity index (χ4n) is 3.06. The van der Waals surface area contributed by atoms with Crippen LogP contribution in [0.15, 0.2) is 36.5 Å². The summed E-state index contributed by atoms with van der Waals surface area (Å²) in [5.74, 6) is -0.468. The van der Waals surface area contributed by atoms with Gasteiger partial charge in [0.15, 0.2) is 0 Å². The molecule has 2 unspecified atom stereocenters. The van der Waals surface area contributed by atoms with E-state index in [-0.39, 0.29) is 5.91 Å². The van der Waals surface area contributed by atoms with Gasteiger partial charge in [-0.1, -0.05) is 39.0 Å². The molecule has 132 valence electrons. The van der Waals surface area contributed by atoms with Crippen molar-refractivity contribution < 1.29 is 9.90 Å². The summed E-state index contributed by atoms with van der Waals surface area (Å²) < 4.78 is 0. The number of amides is 1. The molecule has 0 bridgehead atoms. The number of hydrogen-bond donors (Lipinski definition) is 2. The van der Waals surface area contributed by atoms with Crippen LogP contribution in [0, 0.1) is 5.92 Å². The van der Waals surface area contributed by atoms with Gasteiger partial charge in [0, 0.05) is 24.5 Å². The molecule has 24 heavy (non-hydrogen) atoms. The van der Waals surface area contributed by atoms with E-state index in [0.29, 0.717) is 5.70 Å². The first-order chi connectivity index (χ1) is 11.5. The third-order valence-corrected chi connectivity index (χ3v) is 4.72. The number of benzene rings is 1. The highest BCUT2D eigenvalue weighted by Crippen LogP contribution is 2.20. The van der Waals surface area contributed by atoms with Crippen LogP contribution in [0.1, 0.15) is 45.1 Å². The lowest BCUT2D eigenvalue weighted by molar-refractivity contribution is -0.136. The fourth-order valence-corrected chi connectivity index (χ4v) is 3.06. The van der Waals surface area contributed by atoms with Gasteiger partial charge in [-0.15, -0.1) is 0 Å². The van der Waals surface area contributed by atoms with Gasteiger partial charge in [-0.2, -0.15) is 0 Å². The highest BCUT2D eigenvalue weighted by molar-refractivity contribution is 5.80. The van der Waals surface area contributed by atoms with E-state index in [0.717, 1.165) is 38.0 Å². The molecule has 1 saturated heterocycles. The van der Waals surface area contributed by atoms with Crippen LogP contribution in [0.25, 0.3) is 0 Å². The minimum absolute atomic E-state index is 0.0119. The number of aryl methyl sites for hydroxylation is 1. The zero-order chi connectivity index (χ0) is 17.5. The van der Waals surface area contributed by atoms with E-state index in [1.165, 1.54) is 18.4 Å². The van der Waals surface area contributed by atoms with E-state index >= 15 is 0 Å². The minimum atomic E-state index is -0.891. The summed E-state index contributed by atoms with van der Waals surface area (Å²) in [7, 11) is 0. The average Bonchev–Trinajstić information content (AvgIpc) is 3.13. The van der Waals surface area contributed by atoms with Gasteiger partial charge in [0.25, 0.3) is 0 Å². The van der Waals surface area contributed by atoms with Crippen molar-refractivity contribution in [3.8, 4) is 0 Å². The number of aliphatic hydroxyl groups is 1. The maximum atomic E-state index is 12.4. The molecular formula is C20H30N2O2. The van der Waals surface area contributed by atoms with E-state index < -0.39 is 12.0 Å². The lowest BCUT2D eigenvalue weighted by Crippen LogP contribution is -2.39. The maximum Gasteiger partial charge on any atom is 0.228 e. The second-order valence-electron chi connectivity index (χ2n) is 6.72. The van der Waals surface area contributed by atoms with E-state index in [1.807, 2.05) is 17.0 Å². The van der Waals surface area contributed by atoms with Crippen LogP contribution in [-0.2, 0) is 11.2 Å². The number of rotatable bonds is 8. The van der Waals surface area contributed by atoms with Crippen molar-refractivity contribution in [2.75, 3.05) is 18.4 Å². The number of anilines is 1. The molecule has 2 N–H and O–H groups in total. The highest BCUT2D eigenvalue weighted by Gasteiger charge is 2.29. The van der Waals surface area contributed by atoms with Crippen molar-refractivity contribution in [1.29, 1.82) is 0 Å². The van der Waals surface area contributed by atoms with Gasteiger partial charge < -0.3 is 15.3 Å². The van der Waals surface area contributed by atoms with Crippen molar-refractivity contribution in [2.24, 2.45) is 5.92 Å². The number of nitrogens with zero attached hydrogens (tertiary/aromatic N) is 1. The number of carbonyl (C=O) groups is 1. The third kappa shape index (κ3) is 4.84. The molecule has 1 heterocycles. The van der Waals surface area contributed by atoms with E-state index in [1.54, 1.807) is 6.92 Å². The second-order valence-corrected chi connectivity index (χ2v) is 6.72. The fraction of sp³-hybridized carbons (Fsp3) is 0.550. The first-order valence-corrected chi connectivity index (χ1v) is 9.04. The van der Waals surface area contributed by atoms with E-state index in [2.05, 4.69) is 31.0 Å². The van der Waals surface area contributed by atoms with Gasteiger partial charge in [0.05, 0.1) is 5.92 Å². The lowest BCUT2D eigenvalue weighted by Gasteiger charge is -2.25. The average molecular weight is 330 g/mol. The number of likely N-dealkylation sites (tertiary alicyclic amines) is 1. The summed E-state index contributed by atoms with van der Waals surface area (Å²) in [6.45, 7) is 9.48. The highest BCUT2D eigenvalue weighted by atomic mass is 16.3. The molecule has 0 aromatic heterocycles. The molecule has 1 aliphatic rings. The van der Waals surface area contributed by atoms with Crippen molar-refractivity contribution >= 4 is 11.6 Å². The molecule has 1 aromatic rings. The second kappa shape index (κ2) is 8.88. The smallest absolute Gasteiger partial charge is 0.228 e. The molecule has 2 atom stereocenters. The van der Waals surface area contributed by atoms with E-state index in [4.69, 9.17) is 0 Å². The third-order valence-electron chi connectivity index (χ3n) is 4.72. The Morgan fingerprint density at radius 1 is 1.29 bits per heavy atom. The molecule has 0 spiro atoms. The first-order valence-electron chi connectivity index (χ1n) is 9.04. The Kier molecular flexibility index (Phi) is 6.85. The standard InChI is InChI=1S/C20H30N2O2/c1-4-5-8-17-9-11-18(12-10-17)21-16(3)19(23)15(2)20(24)22-13-6-7-14-22/h9-12,15,19,21,23H,3-8,13-14H2,1-2H3. The number of hydrogen-bond acceptors (Lipinski definition) is 3. The Balaban J connectivity index is 1.89. The predicted octanol–water partition coefficient (Wildman–Crippen LogP) is 3.57. The summed E-state index contributed by atoms with van der Waals surface area (Å²) >= 11 is 0. The molecule has 0 aliphatic carbocycles. The largest absolute Gasteiger partial charge is 0.386 e. The summed E-state index contributed by atoms with van der Waals surface area (Å²) in [5, 5.41) is 13.6. The Labute approximate surface area is 145 Å². The van der Waals surface area contributed by atoms with Crippen LogP contribution >= 0.6 is 0 Å². The molecule has 0 radical (unpaired) electrons. The Bertz CT molecular complexity index is 547. The molecule has 0 saturated carbocycles. The van der Waals surface area contributed by atoms with Crippen molar-refractivity contribution in [2.45, 2.75) is 52.1 Å². The number of unbranched alkanes of at least 4 members (excludes halogenated alkanes) is 1. The van der Waals surface area contributed by atoms with Gasteiger partial charge in [-0.25, -0.2) is 0 Å². The van der Waals surface area contributed by atoms with Crippen molar-refractivity contribution in [1.82, 2.24) is 4.90 Å². The lowest BCUT2D eigenvalue weighted by atomic mass is 10.0. The van der Waals surface area contributed by atoms with Gasteiger partial charge in [-0.3, -0.25) is 4.79 Å². The molecule has 4 heteroatoms. The molecule has 1 fully saturated rings. The molecule has 1 aliphatic heterocycles. The van der Waals surface area contributed by atoms with Gasteiger partial charge in [-0.05, 0) is 43.4 Å². The van der Waals surface area contributed by atoms with Crippen LogP contribution in [0.4, 0.5) is 5.69 Å². The number of carbonyl (C=O) groups excluding carboxylic acids is 1. The van der Waals surface area contributed by atoms with Crippen LogP contribution in [-0.4, -0.2) is 35.1 Å². The van der Waals surface area contributed by atoms with Crippen LogP contribution < -0.4 is 5.32 Å². The SMILES string of the molecule is C=C(Nc1ccc(CCCC)cc1)C(O)C(C)C(=O)N1CCCC1. The molecule has 1 amide bonds. The van der Waals surface area contributed by atoms with Gasteiger partial charge in [0.2, 0.25) is 5.91 Å². The summed E-state index contributed by atoms with van der Waals surface area (Å²) in [4.78, 5) is 14.2. The topological polar surface area (TPSA) is 52.6 Å². The molecule has 2 rings (SSSR count). The maximum absolute atomic E-state index is 12.4. The first kappa shape index (κ1) is 18.5. The van der Waals surface area contributed by atoms with Crippen LogP contribution in [0.3, 0.4) is 0 Å². The van der Waals surface area contributed by atoms with Gasteiger partial charge in [0.1, 0.15) is 6.10 Å². The summed E-state index contributed by atoms with van der Waals surface area (Å²) in [6, 6.07) is 8.18. The monoisotopic (exact) mass is 330 g/mol. The summed E-state index contributed by atoms with van der Waals surface area (Å²) in [6.07, 6.45) is 4.68. The van der Waals surface area contributed by atoms with Gasteiger partial charge >= 0.3 is 0 Å². The van der Waals surface area contributed by atoms with E-state index in [9.17, 15) is 9.90 Å². The Morgan fingerprint density at radius 3 is 2.50 bits per heavy atom. The molecule has 4 nitrogen and oxygen atoms in total. The Hall–Kier alpha value is -1.81. The number of nitrogens with one attached hydrogen (secondary N) is 1. The van der Waals surface area contributed by atoms with Crippen molar-refractivity contribution in [3.05, 3.63) is 42.1 Å². The molecular weight excluding hydrogens is 300 g/mol. The summed E-state index contributed by atoms with van der Waals surface area (Å²) in [5.41, 5.74) is 2.67. The van der Waals surface area contributed by atoms with Crippen molar-refractivity contribution in [3.63, 3.8) is 0 Å². The zero-order valence-electron chi connectivity index (χ0n) is 14.9.